The van der Waals surface area contributed by atoms with E-state index < -0.39 is 6.04 Å². The molecular weight excluding hydrogens is 454 g/mol. The quantitative estimate of drug-likeness (QED) is 0.525. The molecule has 8 heteroatoms. The van der Waals surface area contributed by atoms with E-state index in [-0.39, 0.29) is 24.8 Å². The number of benzene rings is 2. The third-order valence-corrected chi connectivity index (χ3v) is 5.91. The van der Waals surface area contributed by atoms with Gasteiger partial charge in [0, 0.05) is 23.1 Å². The topological polar surface area (TPSA) is 49.4 Å². The molecule has 0 heterocycles. The number of hydrogen-bond donors (Lipinski definition) is 1. The van der Waals surface area contributed by atoms with Crippen molar-refractivity contribution >= 4 is 58.2 Å². The molecule has 4 nitrogen and oxygen atoms in total. The van der Waals surface area contributed by atoms with Gasteiger partial charge >= 0.3 is 0 Å². The summed E-state index contributed by atoms with van der Waals surface area (Å²) in [5.74, 6) is -0.474. The summed E-state index contributed by atoms with van der Waals surface area (Å²) < 4.78 is 0. The van der Waals surface area contributed by atoms with Crippen molar-refractivity contribution in [3.05, 3.63) is 67.6 Å². The van der Waals surface area contributed by atoms with Gasteiger partial charge in [-0.3, -0.25) is 9.59 Å². The van der Waals surface area contributed by atoms with Gasteiger partial charge in [-0.2, -0.15) is 0 Å². The lowest BCUT2D eigenvalue weighted by Gasteiger charge is -2.31. The fourth-order valence-electron chi connectivity index (χ4n) is 3.00. The zero-order valence-electron chi connectivity index (χ0n) is 16.1. The second kappa shape index (κ2) is 11.1. The molecule has 2 rings (SSSR count). The van der Waals surface area contributed by atoms with Crippen LogP contribution in [-0.4, -0.2) is 29.3 Å². The molecule has 156 valence electrons. The van der Waals surface area contributed by atoms with Crippen molar-refractivity contribution in [1.82, 2.24) is 10.2 Å². The van der Waals surface area contributed by atoms with Crippen LogP contribution in [0.25, 0.3) is 0 Å². The molecule has 2 aromatic carbocycles. The van der Waals surface area contributed by atoms with E-state index in [9.17, 15) is 9.59 Å². The molecule has 0 aromatic heterocycles. The van der Waals surface area contributed by atoms with Crippen molar-refractivity contribution < 1.29 is 9.59 Å². The molecule has 0 spiro atoms. The maximum Gasteiger partial charge on any atom is 0.242 e. The Hall–Kier alpha value is -1.46. The van der Waals surface area contributed by atoms with Crippen LogP contribution >= 0.6 is 46.4 Å². The molecule has 1 N–H and O–H groups in total. The molecule has 1 atom stereocenters. The predicted molar refractivity (Wildman–Crippen MR) is 120 cm³/mol. The van der Waals surface area contributed by atoms with E-state index in [0.29, 0.717) is 38.6 Å². The Morgan fingerprint density at radius 1 is 0.966 bits per heavy atom. The summed E-state index contributed by atoms with van der Waals surface area (Å²) in [7, 11) is 0. The van der Waals surface area contributed by atoms with Gasteiger partial charge < -0.3 is 10.2 Å². The number of amides is 2. The van der Waals surface area contributed by atoms with Crippen LogP contribution in [-0.2, 0) is 22.6 Å². The summed E-state index contributed by atoms with van der Waals surface area (Å²) in [6.45, 7) is 4.37. The molecule has 0 aliphatic rings. The first kappa shape index (κ1) is 23.8. The number of carbonyl (C=O) groups is 2. The first-order chi connectivity index (χ1) is 13.8. The normalized spacial score (nSPS) is 11.8. The van der Waals surface area contributed by atoms with E-state index in [4.69, 9.17) is 46.4 Å². The maximum atomic E-state index is 13.3. The van der Waals surface area contributed by atoms with Crippen LogP contribution in [0.4, 0.5) is 0 Å². The van der Waals surface area contributed by atoms with Gasteiger partial charge in [0.25, 0.3) is 0 Å². The van der Waals surface area contributed by atoms with Crippen LogP contribution in [0.5, 0.6) is 0 Å². The third kappa shape index (κ3) is 6.26. The van der Waals surface area contributed by atoms with Gasteiger partial charge in [0.05, 0.1) is 16.5 Å². The second-order valence-electron chi connectivity index (χ2n) is 6.47. The van der Waals surface area contributed by atoms with E-state index in [0.717, 1.165) is 5.56 Å². The molecule has 29 heavy (non-hydrogen) atoms. The smallest absolute Gasteiger partial charge is 0.242 e. The van der Waals surface area contributed by atoms with Gasteiger partial charge in [-0.15, -0.1) is 0 Å². The minimum absolute atomic E-state index is 0.0181. The highest BCUT2D eigenvalue weighted by atomic mass is 35.5. The summed E-state index contributed by atoms with van der Waals surface area (Å²) >= 11 is 24.6. The molecular formula is C21H22Cl4N2O2. The molecule has 0 radical (unpaired) electrons. The lowest BCUT2D eigenvalue weighted by molar-refractivity contribution is -0.140. The highest BCUT2D eigenvalue weighted by molar-refractivity contribution is 6.42. The van der Waals surface area contributed by atoms with E-state index in [1.165, 1.54) is 4.90 Å². The summed E-state index contributed by atoms with van der Waals surface area (Å²) in [6, 6.07) is 9.58. The largest absolute Gasteiger partial charge is 0.355 e. The van der Waals surface area contributed by atoms with Gasteiger partial charge in [0.15, 0.2) is 0 Å². The number of carbonyl (C=O) groups excluding carboxylic acids is 2. The molecule has 2 amide bonds. The molecule has 0 saturated heterocycles. The van der Waals surface area contributed by atoms with Crippen LogP contribution in [0, 0.1) is 0 Å². The molecule has 0 fully saturated rings. The van der Waals surface area contributed by atoms with Gasteiger partial charge in [-0.25, -0.2) is 0 Å². The van der Waals surface area contributed by atoms with Crippen LogP contribution < -0.4 is 5.32 Å². The molecule has 0 unspecified atom stereocenters. The Morgan fingerprint density at radius 2 is 1.62 bits per heavy atom. The number of rotatable bonds is 8. The van der Waals surface area contributed by atoms with Crippen molar-refractivity contribution in [2.24, 2.45) is 0 Å². The molecule has 0 bridgehead atoms. The third-order valence-electron chi connectivity index (χ3n) is 4.46. The Kier molecular flexibility index (Phi) is 9.09. The standard InChI is InChI=1S/C21H22Cl4N2O2/c1-3-19(21(29)26-4-2)27(12-13-8-9-17(24)18(25)10-13)20(28)11-14-15(22)6-5-7-16(14)23/h5-10,19H,3-4,11-12H2,1-2H3,(H,26,29)/t19-/m1/s1. The number of hydrogen-bond acceptors (Lipinski definition) is 2. The average Bonchev–Trinajstić information content (AvgIpc) is 2.67. The highest BCUT2D eigenvalue weighted by Gasteiger charge is 2.29. The van der Waals surface area contributed by atoms with Gasteiger partial charge in [-0.05, 0) is 48.7 Å². The van der Waals surface area contributed by atoms with E-state index in [1.807, 2.05) is 13.8 Å². The first-order valence-corrected chi connectivity index (χ1v) is 10.7. The fourth-order valence-corrected chi connectivity index (χ4v) is 3.85. The zero-order chi connectivity index (χ0) is 21.6. The van der Waals surface area contributed by atoms with Crippen molar-refractivity contribution in [2.45, 2.75) is 39.3 Å². The van der Waals surface area contributed by atoms with E-state index >= 15 is 0 Å². The molecule has 0 aliphatic heterocycles. The molecule has 0 saturated carbocycles. The van der Waals surface area contributed by atoms with Gasteiger partial charge in [0.2, 0.25) is 11.8 Å². The zero-order valence-corrected chi connectivity index (χ0v) is 19.2. The van der Waals surface area contributed by atoms with E-state index in [2.05, 4.69) is 5.32 Å². The van der Waals surface area contributed by atoms with Crippen LogP contribution in [0.1, 0.15) is 31.4 Å². The van der Waals surface area contributed by atoms with Crippen molar-refractivity contribution in [1.29, 1.82) is 0 Å². The Morgan fingerprint density at radius 3 is 2.17 bits per heavy atom. The number of nitrogens with zero attached hydrogens (tertiary/aromatic N) is 1. The van der Waals surface area contributed by atoms with E-state index in [1.54, 1.807) is 36.4 Å². The van der Waals surface area contributed by atoms with Crippen molar-refractivity contribution in [3.8, 4) is 0 Å². The summed E-state index contributed by atoms with van der Waals surface area (Å²) in [5, 5.41) is 4.42. The second-order valence-corrected chi connectivity index (χ2v) is 8.09. The predicted octanol–water partition coefficient (Wildman–Crippen LogP) is 5.79. The first-order valence-electron chi connectivity index (χ1n) is 9.22. The fraction of sp³-hybridized carbons (Fsp3) is 0.333. The highest BCUT2D eigenvalue weighted by Crippen LogP contribution is 2.27. The Bertz CT molecular complexity index is 869. The minimum atomic E-state index is -0.641. The molecule has 2 aromatic rings. The summed E-state index contributed by atoms with van der Waals surface area (Å²) in [5.41, 5.74) is 1.30. The molecule has 0 aliphatic carbocycles. The Balaban J connectivity index is 2.37. The van der Waals surface area contributed by atoms with Gasteiger partial charge in [-0.1, -0.05) is 65.5 Å². The number of likely N-dealkylation sites (N-methyl/N-ethyl adjacent to an activating group) is 1. The van der Waals surface area contributed by atoms with Gasteiger partial charge in [0.1, 0.15) is 6.04 Å². The number of nitrogens with one attached hydrogen (secondary N) is 1. The van der Waals surface area contributed by atoms with Crippen LogP contribution in [0.15, 0.2) is 36.4 Å². The Labute approximate surface area is 191 Å². The van der Waals surface area contributed by atoms with Crippen molar-refractivity contribution in [3.63, 3.8) is 0 Å². The SMILES string of the molecule is CCNC(=O)[C@@H](CC)N(Cc1ccc(Cl)c(Cl)c1)C(=O)Cc1c(Cl)cccc1Cl. The number of halogens is 4. The summed E-state index contributed by atoms with van der Waals surface area (Å²) in [4.78, 5) is 27.4. The monoisotopic (exact) mass is 474 g/mol. The lowest BCUT2D eigenvalue weighted by Crippen LogP contribution is -2.49. The average molecular weight is 476 g/mol. The van der Waals surface area contributed by atoms with Crippen LogP contribution in [0.3, 0.4) is 0 Å². The lowest BCUT2D eigenvalue weighted by atomic mass is 10.1. The summed E-state index contributed by atoms with van der Waals surface area (Å²) in [6.07, 6.45) is 0.435. The van der Waals surface area contributed by atoms with Crippen molar-refractivity contribution in [2.75, 3.05) is 6.54 Å². The minimum Gasteiger partial charge on any atom is -0.355 e. The van der Waals surface area contributed by atoms with Crippen LogP contribution in [0.2, 0.25) is 20.1 Å². The maximum absolute atomic E-state index is 13.3.